The maximum absolute atomic E-state index is 12.0. The van der Waals surface area contributed by atoms with Crippen LogP contribution in [0.1, 0.15) is 25.8 Å². The van der Waals surface area contributed by atoms with Crippen molar-refractivity contribution >= 4 is 11.9 Å². The molecule has 0 spiro atoms. The van der Waals surface area contributed by atoms with Crippen LogP contribution < -0.4 is 5.32 Å². The second-order valence-corrected chi connectivity index (χ2v) is 5.25. The number of amides is 1. The number of rotatable bonds is 4. The van der Waals surface area contributed by atoms with E-state index in [1.54, 1.807) is 6.92 Å². The fraction of sp³-hybridized carbons (Fsp3) is 0.467. The summed E-state index contributed by atoms with van der Waals surface area (Å²) in [7, 11) is 0. The molecule has 1 aliphatic rings. The van der Waals surface area contributed by atoms with Crippen LogP contribution >= 0.6 is 0 Å². The van der Waals surface area contributed by atoms with E-state index in [1.807, 2.05) is 37.3 Å². The van der Waals surface area contributed by atoms with Crippen LogP contribution in [0.4, 0.5) is 0 Å². The summed E-state index contributed by atoms with van der Waals surface area (Å²) in [6.45, 7) is 4.05. The van der Waals surface area contributed by atoms with Crippen molar-refractivity contribution in [2.45, 2.75) is 32.7 Å². The molecule has 2 unspecified atom stereocenters. The van der Waals surface area contributed by atoms with Gasteiger partial charge in [-0.2, -0.15) is 0 Å². The molecule has 2 atom stereocenters. The molecule has 1 amide bonds. The molecular weight excluding hydrogens is 242 g/mol. The van der Waals surface area contributed by atoms with Crippen LogP contribution in [0.25, 0.3) is 0 Å². The van der Waals surface area contributed by atoms with Gasteiger partial charge in [0.2, 0.25) is 5.91 Å². The molecule has 1 aliphatic heterocycles. The lowest BCUT2D eigenvalue weighted by atomic mass is 9.77. The molecule has 19 heavy (non-hydrogen) atoms. The van der Waals surface area contributed by atoms with E-state index >= 15 is 0 Å². The number of nitrogens with one attached hydrogen (secondary N) is 1. The Morgan fingerprint density at radius 3 is 2.74 bits per heavy atom. The van der Waals surface area contributed by atoms with Crippen molar-refractivity contribution < 1.29 is 14.3 Å². The number of hydrogen-bond donors (Lipinski definition) is 1. The maximum Gasteiger partial charge on any atom is 0.329 e. The van der Waals surface area contributed by atoms with Crippen molar-refractivity contribution in [2.24, 2.45) is 5.41 Å². The van der Waals surface area contributed by atoms with Crippen LogP contribution in [-0.2, 0) is 20.7 Å². The van der Waals surface area contributed by atoms with E-state index in [9.17, 15) is 9.59 Å². The molecule has 0 aliphatic carbocycles. The Morgan fingerprint density at radius 1 is 1.42 bits per heavy atom. The Bertz CT molecular complexity index is 472. The standard InChI is InChI=1S/C15H19NO3/c1-3-19-14(18)13-15(2,10-12(17)16-13)9-11-7-5-4-6-8-11/h4-8,13H,3,9-10H2,1-2H3,(H,16,17). The van der Waals surface area contributed by atoms with E-state index in [0.717, 1.165) is 5.56 Å². The zero-order valence-electron chi connectivity index (χ0n) is 11.3. The van der Waals surface area contributed by atoms with Gasteiger partial charge < -0.3 is 10.1 Å². The van der Waals surface area contributed by atoms with Crippen LogP contribution in [0, 0.1) is 5.41 Å². The lowest BCUT2D eigenvalue weighted by molar-refractivity contribution is -0.148. The fourth-order valence-corrected chi connectivity index (χ4v) is 2.65. The van der Waals surface area contributed by atoms with Gasteiger partial charge in [0.05, 0.1) is 6.61 Å². The first kappa shape index (κ1) is 13.6. The topological polar surface area (TPSA) is 55.4 Å². The minimum Gasteiger partial charge on any atom is -0.464 e. The quantitative estimate of drug-likeness (QED) is 0.839. The SMILES string of the molecule is CCOC(=O)C1NC(=O)CC1(C)Cc1ccccc1. The van der Waals surface area contributed by atoms with Crippen molar-refractivity contribution in [3.8, 4) is 0 Å². The number of carbonyl (C=O) groups excluding carboxylic acids is 2. The predicted molar refractivity (Wildman–Crippen MR) is 71.4 cm³/mol. The zero-order valence-corrected chi connectivity index (χ0v) is 11.3. The van der Waals surface area contributed by atoms with Crippen LogP contribution in [0.5, 0.6) is 0 Å². The third-order valence-corrected chi connectivity index (χ3v) is 3.54. The van der Waals surface area contributed by atoms with Gasteiger partial charge in [-0.1, -0.05) is 37.3 Å². The van der Waals surface area contributed by atoms with E-state index < -0.39 is 11.5 Å². The van der Waals surface area contributed by atoms with Crippen molar-refractivity contribution in [2.75, 3.05) is 6.61 Å². The largest absolute Gasteiger partial charge is 0.464 e. The number of esters is 1. The highest BCUT2D eigenvalue weighted by atomic mass is 16.5. The number of hydrogen-bond acceptors (Lipinski definition) is 3. The van der Waals surface area contributed by atoms with E-state index in [2.05, 4.69) is 5.32 Å². The molecule has 4 heteroatoms. The van der Waals surface area contributed by atoms with Crippen molar-refractivity contribution in [3.05, 3.63) is 35.9 Å². The Labute approximate surface area is 113 Å². The van der Waals surface area contributed by atoms with Gasteiger partial charge in [0, 0.05) is 11.8 Å². The van der Waals surface area contributed by atoms with Gasteiger partial charge in [-0.25, -0.2) is 4.79 Å². The highest BCUT2D eigenvalue weighted by Gasteiger charge is 2.47. The van der Waals surface area contributed by atoms with Crippen LogP contribution in [0.15, 0.2) is 30.3 Å². The van der Waals surface area contributed by atoms with Gasteiger partial charge in [0.1, 0.15) is 6.04 Å². The Hall–Kier alpha value is -1.84. The lowest BCUT2D eigenvalue weighted by Crippen LogP contribution is -2.44. The molecule has 1 saturated heterocycles. The summed E-state index contributed by atoms with van der Waals surface area (Å²) in [5.41, 5.74) is 0.695. The predicted octanol–water partition coefficient (Wildman–Crippen LogP) is 1.69. The van der Waals surface area contributed by atoms with Crippen LogP contribution in [-0.4, -0.2) is 24.5 Å². The molecular formula is C15H19NO3. The lowest BCUT2D eigenvalue weighted by Gasteiger charge is -2.28. The molecule has 1 aromatic carbocycles. The van der Waals surface area contributed by atoms with E-state index in [0.29, 0.717) is 19.4 Å². The van der Waals surface area contributed by atoms with E-state index in [-0.39, 0.29) is 11.9 Å². The van der Waals surface area contributed by atoms with E-state index in [4.69, 9.17) is 4.74 Å². The molecule has 2 rings (SSSR count). The van der Waals surface area contributed by atoms with Gasteiger partial charge in [0.15, 0.2) is 0 Å². The van der Waals surface area contributed by atoms with Crippen LogP contribution in [0.2, 0.25) is 0 Å². The first-order chi connectivity index (χ1) is 9.05. The molecule has 0 radical (unpaired) electrons. The number of benzene rings is 1. The fourth-order valence-electron chi connectivity index (χ4n) is 2.65. The summed E-state index contributed by atoms with van der Waals surface area (Å²) in [4.78, 5) is 23.6. The average molecular weight is 261 g/mol. The van der Waals surface area contributed by atoms with Crippen molar-refractivity contribution in [1.82, 2.24) is 5.32 Å². The number of ether oxygens (including phenoxy) is 1. The Morgan fingerprint density at radius 2 is 2.11 bits per heavy atom. The monoisotopic (exact) mass is 261 g/mol. The summed E-state index contributed by atoms with van der Waals surface area (Å²) < 4.78 is 5.05. The van der Waals surface area contributed by atoms with Crippen LogP contribution in [0.3, 0.4) is 0 Å². The van der Waals surface area contributed by atoms with Gasteiger partial charge in [0.25, 0.3) is 0 Å². The second-order valence-electron chi connectivity index (χ2n) is 5.25. The molecule has 1 N–H and O–H groups in total. The molecule has 0 aromatic heterocycles. The minimum atomic E-state index is -0.555. The third kappa shape index (κ3) is 2.95. The first-order valence-electron chi connectivity index (χ1n) is 6.55. The van der Waals surface area contributed by atoms with E-state index in [1.165, 1.54) is 0 Å². The van der Waals surface area contributed by atoms with Gasteiger partial charge in [-0.3, -0.25) is 4.79 Å². The van der Waals surface area contributed by atoms with Gasteiger partial charge in [-0.05, 0) is 18.9 Å². The molecule has 1 fully saturated rings. The minimum absolute atomic E-state index is 0.0866. The summed E-state index contributed by atoms with van der Waals surface area (Å²) in [6.07, 6.45) is 1.03. The second kappa shape index (κ2) is 5.43. The molecule has 1 aromatic rings. The normalized spacial score (nSPS) is 26.0. The van der Waals surface area contributed by atoms with Crippen molar-refractivity contribution in [1.29, 1.82) is 0 Å². The Balaban J connectivity index is 2.19. The smallest absolute Gasteiger partial charge is 0.329 e. The highest BCUT2D eigenvalue weighted by molar-refractivity contribution is 5.89. The highest BCUT2D eigenvalue weighted by Crippen LogP contribution is 2.35. The zero-order chi connectivity index (χ0) is 13.9. The molecule has 4 nitrogen and oxygen atoms in total. The summed E-state index contributed by atoms with van der Waals surface area (Å²) in [5.74, 6) is -0.428. The average Bonchev–Trinajstić information content (AvgIpc) is 2.66. The van der Waals surface area contributed by atoms with Crippen molar-refractivity contribution in [3.63, 3.8) is 0 Å². The number of carbonyl (C=O) groups is 2. The molecule has 0 saturated carbocycles. The molecule has 1 heterocycles. The summed E-state index contributed by atoms with van der Waals surface area (Å²) >= 11 is 0. The van der Waals surface area contributed by atoms with Gasteiger partial charge >= 0.3 is 5.97 Å². The molecule has 102 valence electrons. The maximum atomic E-state index is 12.0. The summed E-state index contributed by atoms with van der Waals surface area (Å²) in [6, 6.07) is 9.34. The van der Waals surface area contributed by atoms with Gasteiger partial charge in [-0.15, -0.1) is 0 Å². The molecule has 0 bridgehead atoms. The Kier molecular flexibility index (Phi) is 3.88. The third-order valence-electron chi connectivity index (χ3n) is 3.54. The summed E-state index contributed by atoms with van der Waals surface area (Å²) in [5, 5.41) is 2.74. The first-order valence-corrected chi connectivity index (χ1v) is 6.55.